The predicted molar refractivity (Wildman–Crippen MR) is 125 cm³/mol. The molecule has 1 aliphatic carbocycles. The summed E-state index contributed by atoms with van der Waals surface area (Å²) in [6.45, 7) is 10.6. The van der Waals surface area contributed by atoms with E-state index in [9.17, 15) is 0 Å². The summed E-state index contributed by atoms with van der Waals surface area (Å²) in [5.41, 5.74) is 1.42. The van der Waals surface area contributed by atoms with E-state index in [2.05, 4.69) is 41.5 Å². The number of methoxy groups -OCH3 is 1. The van der Waals surface area contributed by atoms with E-state index in [4.69, 9.17) is 14.5 Å². The van der Waals surface area contributed by atoms with E-state index in [1.807, 2.05) is 12.1 Å². The maximum atomic E-state index is 5.58. The van der Waals surface area contributed by atoms with Crippen molar-refractivity contribution in [2.45, 2.75) is 38.1 Å². The number of benzene rings is 1. The molecule has 0 spiro atoms. The van der Waals surface area contributed by atoms with Crippen LogP contribution in [0, 0.1) is 0 Å². The van der Waals surface area contributed by atoms with Crippen molar-refractivity contribution in [1.29, 1.82) is 0 Å². The van der Waals surface area contributed by atoms with Gasteiger partial charge in [0.2, 0.25) is 0 Å². The van der Waals surface area contributed by atoms with E-state index in [0.29, 0.717) is 6.04 Å². The standard InChI is InChI=1S/C21H34N4O2.HI/c1-4-22-20(23-15-17(2)25-11-13-27-14-12-25)24-16-21(9-10-21)18-7-5-6-8-19(18)26-3;/h5-8,17H,4,9-16H2,1-3H3,(H2,22,23,24);1H. The van der Waals surface area contributed by atoms with Gasteiger partial charge in [0.15, 0.2) is 5.96 Å². The quantitative estimate of drug-likeness (QED) is 0.325. The van der Waals surface area contributed by atoms with Crippen LogP contribution in [0.3, 0.4) is 0 Å². The van der Waals surface area contributed by atoms with E-state index >= 15 is 0 Å². The fourth-order valence-corrected chi connectivity index (χ4v) is 3.71. The zero-order valence-electron chi connectivity index (χ0n) is 17.4. The second-order valence-electron chi connectivity index (χ2n) is 7.55. The highest BCUT2D eigenvalue weighted by atomic mass is 127. The molecule has 1 saturated heterocycles. The van der Waals surface area contributed by atoms with Crippen molar-refractivity contribution < 1.29 is 9.47 Å². The van der Waals surface area contributed by atoms with Gasteiger partial charge in [-0.05, 0) is 32.8 Å². The minimum absolute atomic E-state index is 0. The van der Waals surface area contributed by atoms with Crippen LogP contribution in [0.1, 0.15) is 32.3 Å². The first-order valence-corrected chi connectivity index (χ1v) is 10.2. The maximum absolute atomic E-state index is 5.58. The lowest BCUT2D eigenvalue weighted by molar-refractivity contribution is 0.0211. The van der Waals surface area contributed by atoms with Gasteiger partial charge in [-0.1, -0.05) is 18.2 Å². The van der Waals surface area contributed by atoms with Crippen molar-refractivity contribution in [3.8, 4) is 5.75 Å². The van der Waals surface area contributed by atoms with E-state index in [0.717, 1.165) is 57.6 Å². The Hall–Kier alpha value is -1.06. The normalized spacial score (nSPS) is 20.0. The van der Waals surface area contributed by atoms with Gasteiger partial charge in [0.25, 0.3) is 0 Å². The van der Waals surface area contributed by atoms with Gasteiger partial charge in [-0.2, -0.15) is 0 Å². The third-order valence-corrected chi connectivity index (χ3v) is 5.65. The number of ether oxygens (including phenoxy) is 2. The molecule has 0 radical (unpaired) electrons. The molecule has 7 heteroatoms. The summed E-state index contributed by atoms with van der Waals surface area (Å²) in [5.74, 6) is 1.88. The summed E-state index contributed by atoms with van der Waals surface area (Å²) < 4.78 is 11.0. The first-order chi connectivity index (χ1) is 13.2. The number of halogens is 1. The van der Waals surface area contributed by atoms with E-state index < -0.39 is 0 Å². The molecule has 1 heterocycles. The van der Waals surface area contributed by atoms with E-state index in [1.165, 1.54) is 18.4 Å². The molecule has 1 atom stereocenters. The lowest BCUT2D eigenvalue weighted by Crippen LogP contribution is -2.49. The van der Waals surface area contributed by atoms with Crippen molar-refractivity contribution >= 4 is 29.9 Å². The number of hydrogen-bond acceptors (Lipinski definition) is 4. The molecule has 6 nitrogen and oxygen atoms in total. The molecular weight excluding hydrogens is 467 g/mol. The smallest absolute Gasteiger partial charge is 0.191 e. The molecule has 2 aliphatic rings. The molecule has 158 valence electrons. The van der Waals surface area contributed by atoms with Gasteiger partial charge in [-0.15, -0.1) is 24.0 Å². The van der Waals surface area contributed by atoms with Crippen LogP contribution in [0.5, 0.6) is 5.75 Å². The fourth-order valence-electron chi connectivity index (χ4n) is 3.71. The second-order valence-corrected chi connectivity index (χ2v) is 7.55. The van der Waals surface area contributed by atoms with Crippen LogP contribution in [0.4, 0.5) is 0 Å². The van der Waals surface area contributed by atoms with Crippen molar-refractivity contribution in [1.82, 2.24) is 15.5 Å². The number of rotatable bonds is 8. The summed E-state index contributed by atoms with van der Waals surface area (Å²) in [4.78, 5) is 7.38. The Morgan fingerprint density at radius 2 is 1.96 bits per heavy atom. The van der Waals surface area contributed by atoms with Gasteiger partial charge >= 0.3 is 0 Å². The van der Waals surface area contributed by atoms with Gasteiger partial charge in [0.1, 0.15) is 5.75 Å². The van der Waals surface area contributed by atoms with Gasteiger partial charge in [0, 0.05) is 43.2 Å². The van der Waals surface area contributed by atoms with Gasteiger partial charge in [-0.3, -0.25) is 9.89 Å². The minimum atomic E-state index is 0. The number of aliphatic imine (C=N–C) groups is 1. The molecule has 1 aromatic carbocycles. The Morgan fingerprint density at radius 3 is 2.61 bits per heavy atom. The van der Waals surface area contributed by atoms with Crippen molar-refractivity contribution in [3.05, 3.63) is 29.8 Å². The Labute approximate surface area is 186 Å². The number of morpholine rings is 1. The number of nitrogens with one attached hydrogen (secondary N) is 2. The highest BCUT2D eigenvalue weighted by Crippen LogP contribution is 2.51. The molecule has 28 heavy (non-hydrogen) atoms. The molecule has 1 unspecified atom stereocenters. The van der Waals surface area contributed by atoms with Crippen LogP contribution >= 0.6 is 24.0 Å². The van der Waals surface area contributed by atoms with Crippen LogP contribution < -0.4 is 15.4 Å². The molecule has 2 fully saturated rings. The van der Waals surface area contributed by atoms with Crippen LogP contribution in [0.25, 0.3) is 0 Å². The first kappa shape index (κ1) is 23.2. The molecule has 1 aromatic rings. The summed E-state index contributed by atoms with van der Waals surface area (Å²) >= 11 is 0. The van der Waals surface area contributed by atoms with Crippen LogP contribution in [-0.2, 0) is 10.2 Å². The molecule has 2 N–H and O–H groups in total. The zero-order valence-corrected chi connectivity index (χ0v) is 19.7. The van der Waals surface area contributed by atoms with Gasteiger partial charge in [0.05, 0.1) is 26.9 Å². The predicted octanol–water partition coefficient (Wildman–Crippen LogP) is 2.62. The van der Waals surface area contributed by atoms with Crippen molar-refractivity contribution in [2.75, 3.05) is 53.0 Å². The Balaban J connectivity index is 0.00000280. The average Bonchev–Trinajstić information content (AvgIpc) is 3.51. The molecule has 1 aliphatic heterocycles. The monoisotopic (exact) mass is 502 g/mol. The van der Waals surface area contributed by atoms with Crippen LogP contribution in [0.2, 0.25) is 0 Å². The molecule has 0 amide bonds. The van der Waals surface area contributed by atoms with Crippen molar-refractivity contribution in [3.63, 3.8) is 0 Å². The Bertz CT molecular complexity index is 631. The number of guanidine groups is 1. The molecule has 0 bridgehead atoms. The summed E-state index contributed by atoms with van der Waals surface area (Å²) in [6.07, 6.45) is 2.33. The first-order valence-electron chi connectivity index (χ1n) is 10.2. The number of para-hydroxylation sites is 1. The third-order valence-electron chi connectivity index (χ3n) is 5.65. The van der Waals surface area contributed by atoms with E-state index in [1.54, 1.807) is 7.11 Å². The zero-order chi connectivity index (χ0) is 19.1. The molecule has 3 rings (SSSR count). The minimum Gasteiger partial charge on any atom is -0.496 e. The highest BCUT2D eigenvalue weighted by molar-refractivity contribution is 14.0. The van der Waals surface area contributed by atoms with Crippen molar-refractivity contribution in [2.24, 2.45) is 4.99 Å². The van der Waals surface area contributed by atoms with E-state index in [-0.39, 0.29) is 29.4 Å². The third kappa shape index (κ3) is 5.97. The van der Waals surface area contributed by atoms with Crippen LogP contribution in [0.15, 0.2) is 29.3 Å². The number of hydrogen-bond donors (Lipinski definition) is 2. The van der Waals surface area contributed by atoms with Crippen LogP contribution in [-0.4, -0.2) is 69.9 Å². The highest BCUT2D eigenvalue weighted by Gasteiger charge is 2.46. The largest absolute Gasteiger partial charge is 0.496 e. The summed E-state index contributed by atoms with van der Waals surface area (Å²) in [7, 11) is 1.75. The SMILES string of the molecule is CCNC(=NCC1(c2ccccc2OC)CC1)NCC(C)N1CCOCC1.I. The number of nitrogens with zero attached hydrogens (tertiary/aromatic N) is 2. The average molecular weight is 502 g/mol. The fraction of sp³-hybridized carbons (Fsp3) is 0.667. The topological polar surface area (TPSA) is 58.1 Å². The summed E-state index contributed by atoms with van der Waals surface area (Å²) in [6, 6.07) is 8.81. The molecular formula is C21H35IN4O2. The lowest BCUT2D eigenvalue weighted by Gasteiger charge is -2.32. The molecule has 0 aromatic heterocycles. The van der Waals surface area contributed by atoms with Gasteiger partial charge in [-0.25, -0.2) is 0 Å². The van der Waals surface area contributed by atoms with Gasteiger partial charge < -0.3 is 20.1 Å². The maximum Gasteiger partial charge on any atom is 0.191 e. The Kier molecular flexibility index (Phi) is 9.30. The summed E-state index contributed by atoms with van der Waals surface area (Å²) in [5, 5.41) is 6.91. The molecule has 1 saturated carbocycles. The lowest BCUT2D eigenvalue weighted by atomic mass is 9.95. The Morgan fingerprint density at radius 1 is 1.25 bits per heavy atom. The second kappa shape index (κ2) is 11.2.